The van der Waals surface area contributed by atoms with Gasteiger partial charge in [0.25, 0.3) is 0 Å². The Labute approximate surface area is 143 Å². The molecule has 76 valence electrons. The molecule has 14 heavy (non-hydrogen) atoms. The van der Waals surface area contributed by atoms with Gasteiger partial charge in [0.2, 0.25) is 0 Å². The Bertz CT molecular complexity index is 256. The molecule has 0 spiro atoms. The Balaban J connectivity index is -0.000000403. The maximum absolute atomic E-state index is 11.9. The summed E-state index contributed by atoms with van der Waals surface area (Å²) in [5.74, 6) is 0. The summed E-state index contributed by atoms with van der Waals surface area (Å²) in [6.45, 7) is 1.60. The maximum atomic E-state index is 11.9. The fraction of sp³-hybridized carbons (Fsp3) is 0.200. The van der Waals surface area contributed by atoms with Crippen molar-refractivity contribution in [1.29, 1.82) is 0 Å². The number of hydrogen-bond donors (Lipinski definition) is 0. The van der Waals surface area contributed by atoms with Crippen molar-refractivity contribution >= 4 is 0 Å². The van der Waals surface area contributed by atoms with E-state index in [0.29, 0.717) is 5.56 Å². The Morgan fingerprint density at radius 1 is 1.14 bits per heavy atom. The monoisotopic (exact) mass is 322 g/mol. The van der Waals surface area contributed by atoms with Gasteiger partial charge >= 0.3 is 75.1 Å². The predicted molar refractivity (Wildman–Crippen MR) is 47.8 cm³/mol. The number of hydrogen-bond acceptors (Lipinski definition) is 0. The Kier molecular flexibility index (Phi) is 12.1. The number of alkyl halides is 3. The van der Waals surface area contributed by atoms with Crippen molar-refractivity contribution in [2.45, 2.75) is 13.1 Å². The summed E-state index contributed by atoms with van der Waals surface area (Å²) in [4.78, 5) is 0. The van der Waals surface area contributed by atoms with Crippen LogP contribution in [0.1, 0.15) is 11.1 Å². The third kappa shape index (κ3) is 6.53. The van der Waals surface area contributed by atoms with Crippen molar-refractivity contribution in [3.05, 3.63) is 50.2 Å². The summed E-state index contributed by atoms with van der Waals surface area (Å²) in [7, 11) is 0. The van der Waals surface area contributed by atoms with Crippen LogP contribution >= 0.6 is 0 Å². The van der Waals surface area contributed by atoms with Gasteiger partial charge in [-0.1, -0.05) is 12.5 Å². The van der Waals surface area contributed by atoms with Crippen LogP contribution < -0.4 is 68.9 Å². The van der Waals surface area contributed by atoms with Gasteiger partial charge in [0.15, 0.2) is 0 Å². The van der Waals surface area contributed by atoms with E-state index in [0.717, 1.165) is 12.1 Å². The summed E-state index contributed by atoms with van der Waals surface area (Å²) in [5.41, 5.74) is -0.0719. The first-order chi connectivity index (χ1) is 5.00. The Hall–Kier alpha value is 1.06. The van der Waals surface area contributed by atoms with E-state index in [2.05, 4.69) is 6.07 Å². The van der Waals surface area contributed by atoms with Crippen LogP contribution in [0, 0.1) is 27.8 Å². The average Bonchev–Trinajstić information content (AvgIpc) is 1.86. The van der Waals surface area contributed by atoms with E-state index in [9.17, 15) is 13.2 Å². The average molecular weight is 322 g/mol. The molecule has 0 fully saturated rings. The molecule has 0 aliphatic rings. The SMILES string of the molecule is Cc1c[c-]cc(C(F)(F)F)c1.[CH3-].[CH3-].[Cs+]. The topological polar surface area (TPSA) is 0 Å². The van der Waals surface area contributed by atoms with Gasteiger partial charge in [-0.05, 0) is 0 Å². The number of rotatable bonds is 0. The van der Waals surface area contributed by atoms with E-state index < -0.39 is 11.7 Å². The first kappa shape index (κ1) is 20.5. The minimum absolute atomic E-state index is 0. The number of aryl methyl sites for hydroxylation is 1. The van der Waals surface area contributed by atoms with E-state index in [1.165, 1.54) is 6.07 Å². The molecular formula is C10H12CsF3-2. The van der Waals surface area contributed by atoms with Gasteiger partial charge in [-0.25, -0.2) is 0 Å². The first-order valence-corrected chi connectivity index (χ1v) is 3.05. The zero-order valence-corrected chi connectivity index (χ0v) is 15.1. The smallest absolute Gasteiger partial charge is 0.358 e. The first-order valence-electron chi connectivity index (χ1n) is 3.05. The van der Waals surface area contributed by atoms with Gasteiger partial charge in [0.05, 0.1) is 0 Å². The van der Waals surface area contributed by atoms with Gasteiger partial charge in [-0.3, -0.25) is 0 Å². The molecule has 0 unspecified atom stereocenters. The van der Waals surface area contributed by atoms with Gasteiger partial charge in [0.1, 0.15) is 0 Å². The van der Waals surface area contributed by atoms with Crippen molar-refractivity contribution in [3.8, 4) is 0 Å². The standard InChI is InChI=1S/C8H6F3.2CH3.Cs/c1-6-3-2-4-7(5-6)8(9,10)11;;;/h3-5H,1H3;2*1H3;/q3*-1;+1. The van der Waals surface area contributed by atoms with Crippen LogP contribution in [-0.2, 0) is 6.18 Å². The van der Waals surface area contributed by atoms with E-state index >= 15 is 0 Å². The van der Waals surface area contributed by atoms with Crippen molar-refractivity contribution in [3.63, 3.8) is 0 Å². The Morgan fingerprint density at radius 2 is 1.64 bits per heavy atom. The molecular weight excluding hydrogens is 310 g/mol. The molecule has 0 nitrogen and oxygen atoms in total. The second-order valence-electron chi connectivity index (χ2n) is 2.30. The summed E-state index contributed by atoms with van der Waals surface area (Å²) >= 11 is 0. The zero-order chi connectivity index (χ0) is 8.48. The zero-order valence-electron chi connectivity index (χ0n) is 8.87. The van der Waals surface area contributed by atoms with Gasteiger partial charge in [-0.2, -0.15) is 43.0 Å². The number of halogens is 3. The molecule has 1 aromatic rings. The predicted octanol–water partition coefficient (Wildman–Crippen LogP) is 0.719. The van der Waals surface area contributed by atoms with Crippen LogP contribution in [0.25, 0.3) is 0 Å². The Morgan fingerprint density at radius 3 is 1.93 bits per heavy atom. The molecule has 0 bridgehead atoms. The van der Waals surface area contributed by atoms with E-state index in [1.54, 1.807) is 6.92 Å². The molecule has 0 aliphatic heterocycles. The molecule has 0 heterocycles. The van der Waals surface area contributed by atoms with Crippen LogP contribution in [0.3, 0.4) is 0 Å². The summed E-state index contributed by atoms with van der Waals surface area (Å²) < 4.78 is 35.8. The van der Waals surface area contributed by atoms with Crippen molar-refractivity contribution in [2.24, 2.45) is 0 Å². The third-order valence-electron chi connectivity index (χ3n) is 1.26. The van der Waals surface area contributed by atoms with E-state index in [-0.39, 0.29) is 83.7 Å². The molecule has 0 atom stereocenters. The summed E-state index contributed by atoms with van der Waals surface area (Å²) in [5, 5.41) is 0. The molecule has 0 saturated carbocycles. The molecule has 4 heteroatoms. The van der Waals surface area contributed by atoms with Gasteiger partial charge in [-0.15, -0.1) is 0 Å². The van der Waals surface area contributed by atoms with E-state index in [4.69, 9.17) is 0 Å². The maximum Gasteiger partial charge on any atom is 1.00 e. The van der Waals surface area contributed by atoms with E-state index in [1.807, 2.05) is 0 Å². The largest absolute Gasteiger partial charge is 1.00 e. The van der Waals surface area contributed by atoms with Gasteiger partial charge < -0.3 is 14.9 Å². The fourth-order valence-electron chi connectivity index (χ4n) is 0.755. The van der Waals surface area contributed by atoms with Crippen molar-refractivity contribution < 1.29 is 82.1 Å². The molecule has 0 amide bonds. The molecule has 1 rings (SSSR count). The second kappa shape index (κ2) is 8.24. The minimum Gasteiger partial charge on any atom is -0.358 e. The summed E-state index contributed by atoms with van der Waals surface area (Å²) in [6, 6.07) is 5.96. The summed E-state index contributed by atoms with van der Waals surface area (Å²) in [6.07, 6.45) is -4.25. The third-order valence-corrected chi connectivity index (χ3v) is 1.26. The van der Waals surface area contributed by atoms with Crippen molar-refractivity contribution in [1.82, 2.24) is 0 Å². The molecule has 0 saturated heterocycles. The molecule has 1 aromatic carbocycles. The minimum atomic E-state index is -4.25. The fourth-order valence-corrected chi connectivity index (χ4v) is 0.755. The van der Waals surface area contributed by atoms with Crippen LogP contribution in [0.2, 0.25) is 0 Å². The number of benzene rings is 1. The molecule has 0 N–H and O–H groups in total. The van der Waals surface area contributed by atoms with Crippen LogP contribution in [0.15, 0.2) is 18.2 Å². The van der Waals surface area contributed by atoms with Crippen molar-refractivity contribution in [2.75, 3.05) is 0 Å². The molecule has 0 aliphatic carbocycles. The quantitative estimate of drug-likeness (QED) is 0.618. The second-order valence-corrected chi connectivity index (χ2v) is 2.30. The van der Waals surface area contributed by atoms with Crippen LogP contribution in [0.5, 0.6) is 0 Å². The van der Waals surface area contributed by atoms with Crippen LogP contribution in [-0.4, -0.2) is 0 Å². The molecule has 0 aromatic heterocycles. The van der Waals surface area contributed by atoms with Gasteiger partial charge in [0, 0.05) is 0 Å². The normalized spacial score (nSPS) is 9.14. The molecule has 0 radical (unpaired) electrons. The van der Waals surface area contributed by atoms with Crippen LogP contribution in [0.4, 0.5) is 13.2 Å².